The summed E-state index contributed by atoms with van der Waals surface area (Å²) in [6, 6.07) is 13.9. The Kier molecular flexibility index (Phi) is 3.58. The molecule has 1 heterocycles. The zero-order valence-corrected chi connectivity index (χ0v) is 11.9. The second kappa shape index (κ2) is 5.35. The molecule has 2 aromatic rings. The number of halogens is 1. The summed E-state index contributed by atoms with van der Waals surface area (Å²) < 4.78 is 5.83. The SMILES string of the molecule is Nc1ccc(OCC2CSc3ccccc32)cc1Cl. The van der Waals surface area contributed by atoms with E-state index in [-0.39, 0.29) is 0 Å². The number of hydrogen-bond donors (Lipinski definition) is 1. The van der Waals surface area contributed by atoms with E-state index in [2.05, 4.69) is 24.3 Å². The number of thioether (sulfide) groups is 1. The maximum absolute atomic E-state index is 5.98. The summed E-state index contributed by atoms with van der Waals surface area (Å²) in [5, 5.41) is 0.540. The van der Waals surface area contributed by atoms with Crippen molar-refractivity contribution < 1.29 is 4.74 Å². The average Bonchev–Trinajstić information content (AvgIpc) is 2.83. The van der Waals surface area contributed by atoms with E-state index in [0.717, 1.165) is 11.5 Å². The van der Waals surface area contributed by atoms with Crippen molar-refractivity contribution in [2.75, 3.05) is 18.1 Å². The zero-order valence-electron chi connectivity index (χ0n) is 10.3. The molecule has 1 aliphatic rings. The fourth-order valence-corrected chi connectivity index (χ4v) is 3.56. The van der Waals surface area contributed by atoms with E-state index in [1.165, 1.54) is 10.5 Å². The minimum atomic E-state index is 0.442. The van der Waals surface area contributed by atoms with Gasteiger partial charge in [0.05, 0.1) is 17.3 Å². The first-order valence-electron chi connectivity index (χ1n) is 6.13. The molecule has 0 saturated carbocycles. The summed E-state index contributed by atoms with van der Waals surface area (Å²) in [5.74, 6) is 2.29. The lowest BCUT2D eigenvalue weighted by Crippen LogP contribution is -2.09. The van der Waals surface area contributed by atoms with Gasteiger partial charge in [-0.15, -0.1) is 11.8 Å². The van der Waals surface area contributed by atoms with Gasteiger partial charge in [-0.1, -0.05) is 29.8 Å². The van der Waals surface area contributed by atoms with Crippen LogP contribution in [0.4, 0.5) is 5.69 Å². The van der Waals surface area contributed by atoms with Gasteiger partial charge in [-0.05, 0) is 23.8 Å². The first-order chi connectivity index (χ1) is 9.24. The van der Waals surface area contributed by atoms with Gasteiger partial charge in [0, 0.05) is 22.6 Å². The molecule has 2 aromatic carbocycles. The monoisotopic (exact) mass is 291 g/mol. The summed E-state index contributed by atoms with van der Waals surface area (Å²) in [6.45, 7) is 0.671. The molecule has 0 spiro atoms. The molecule has 4 heteroatoms. The molecule has 2 nitrogen and oxygen atoms in total. The van der Waals surface area contributed by atoms with Gasteiger partial charge in [-0.2, -0.15) is 0 Å². The molecule has 3 rings (SSSR count). The molecule has 0 aliphatic carbocycles. The highest BCUT2D eigenvalue weighted by Crippen LogP contribution is 2.39. The first kappa shape index (κ1) is 12.7. The second-order valence-corrected chi connectivity index (χ2v) is 6.01. The van der Waals surface area contributed by atoms with Gasteiger partial charge in [-0.25, -0.2) is 0 Å². The summed E-state index contributed by atoms with van der Waals surface area (Å²) in [5.41, 5.74) is 7.64. The molecule has 0 radical (unpaired) electrons. The van der Waals surface area contributed by atoms with Crippen molar-refractivity contribution in [3.8, 4) is 5.75 Å². The molecule has 1 unspecified atom stereocenters. The van der Waals surface area contributed by atoms with Gasteiger partial charge in [0.15, 0.2) is 0 Å². The first-order valence-corrected chi connectivity index (χ1v) is 7.50. The Morgan fingerprint density at radius 2 is 2.11 bits per heavy atom. The van der Waals surface area contributed by atoms with Crippen LogP contribution in [0.15, 0.2) is 47.4 Å². The highest BCUT2D eigenvalue weighted by molar-refractivity contribution is 7.99. The van der Waals surface area contributed by atoms with Crippen LogP contribution in [-0.4, -0.2) is 12.4 Å². The standard InChI is InChI=1S/C15H14ClNOS/c16-13-7-11(5-6-14(13)17)18-8-10-9-19-15-4-2-1-3-12(10)15/h1-7,10H,8-9,17H2. The second-order valence-electron chi connectivity index (χ2n) is 4.54. The van der Waals surface area contributed by atoms with Gasteiger partial charge < -0.3 is 10.5 Å². The molecule has 19 heavy (non-hydrogen) atoms. The highest BCUT2D eigenvalue weighted by atomic mass is 35.5. The summed E-state index contributed by atoms with van der Waals surface area (Å²) in [6.07, 6.45) is 0. The molecule has 1 aliphatic heterocycles. The number of benzene rings is 2. The van der Waals surface area contributed by atoms with E-state index in [1.807, 2.05) is 17.8 Å². The third-order valence-electron chi connectivity index (χ3n) is 3.22. The number of fused-ring (bicyclic) bond motifs is 1. The van der Waals surface area contributed by atoms with Gasteiger partial charge in [-0.3, -0.25) is 0 Å². The van der Waals surface area contributed by atoms with E-state index < -0.39 is 0 Å². The molecular weight excluding hydrogens is 278 g/mol. The van der Waals surface area contributed by atoms with Crippen LogP contribution >= 0.6 is 23.4 Å². The molecule has 98 valence electrons. The van der Waals surface area contributed by atoms with Crippen LogP contribution in [0.25, 0.3) is 0 Å². The van der Waals surface area contributed by atoms with E-state index in [1.54, 1.807) is 12.1 Å². The van der Waals surface area contributed by atoms with Crippen molar-refractivity contribution in [2.24, 2.45) is 0 Å². The molecule has 0 saturated heterocycles. The average molecular weight is 292 g/mol. The van der Waals surface area contributed by atoms with E-state index >= 15 is 0 Å². The minimum Gasteiger partial charge on any atom is -0.493 e. The predicted octanol–water partition coefficient (Wildman–Crippen LogP) is 4.19. The topological polar surface area (TPSA) is 35.2 Å². The third kappa shape index (κ3) is 2.67. The molecule has 0 amide bonds. The molecule has 0 fully saturated rings. The Morgan fingerprint density at radius 3 is 2.95 bits per heavy atom. The van der Waals surface area contributed by atoms with E-state index in [4.69, 9.17) is 22.1 Å². The van der Waals surface area contributed by atoms with Crippen LogP contribution < -0.4 is 10.5 Å². The van der Waals surface area contributed by atoms with Crippen molar-refractivity contribution in [2.45, 2.75) is 10.8 Å². The van der Waals surface area contributed by atoms with Crippen LogP contribution in [0.5, 0.6) is 5.75 Å². The van der Waals surface area contributed by atoms with E-state index in [9.17, 15) is 0 Å². The van der Waals surface area contributed by atoms with Gasteiger partial charge in [0.1, 0.15) is 5.75 Å². The van der Waals surface area contributed by atoms with Gasteiger partial charge in [0.25, 0.3) is 0 Å². The van der Waals surface area contributed by atoms with Crippen molar-refractivity contribution in [3.63, 3.8) is 0 Å². The largest absolute Gasteiger partial charge is 0.493 e. The Bertz CT molecular complexity index is 602. The normalized spacial score (nSPS) is 17.2. The molecule has 0 bridgehead atoms. The Morgan fingerprint density at radius 1 is 1.26 bits per heavy atom. The number of hydrogen-bond acceptors (Lipinski definition) is 3. The maximum Gasteiger partial charge on any atom is 0.120 e. The lowest BCUT2D eigenvalue weighted by Gasteiger charge is -2.13. The predicted molar refractivity (Wildman–Crippen MR) is 81.3 cm³/mol. The fraction of sp³-hybridized carbons (Fsp3) is 0.200. The number of ether oxygens (including phenoxy) is 1. The van der Waals surface area contributed by atoms with Gasteiger partial charge >= 0.3 is 0 Å². The number of anilines is 1. The van der Waals surface area contributed by atoms with Crippen molar-refractivity contribution in [1.82, 2.24) is 0 Å². The Labute approximate surface area is 121 Å². The van der Waals surface area contributed by atoms with Crippen LogP contribution in [-0.2, 0) is 0 Å². The molecule has 0 aromatic heterocycles. The maximum atomic E-state index is 5.98. The lowest BCUT2D eigenvalue weighted by atomic mass is 10.0. The number of rotatable bonds is 3. The zero-order chi connectivity index (χ0) is 13.2. The van der Waals surface area contributed by atoms with Crippen LogP contribution in [0.3, 0.4) is 0 Å². The van der Waals surface area contributed by atoms with Crippen LogP contribution in [0.2, 0.25) is 5.02 Å². The van der Waals surface area contributed by atoms with Gasteiger partial charge in [0.2, 0.25) is 0 Å². The molecule has 1 atom stereocenters. The Hall–Kier alpha value is -1.32. The van der Waals surface area contributed by atoms with Crippen LogP contribution in [0, 0.1) is 0 Å². The smallest absolute Gasteiger partial charge is 0.120 e. The van der Waals surface area contributed by atoms with Crippen molar-refractivity contribution >= 4 is 29.1 Å². The molecule has 2 N–H and O–H groups in total. The molecular formula is C15H14ClNOS. The number of nitrogens with two attached hydrogens (primary N) is 1. The summed E-state index contributed by atoms with van der Waals surface area (Å²) >= 11 is 7.87. The number of nitrogen functional groups attached to an aromatic ring is 1. The lowest BCUT2D eigenvalue weighted by molar-refractivity contribution is 0.298. The van der Waals surface area contributed by atoms with Crippen molar-refractivity contribution in [3.05, 3.63) is 53.1 Å². The summed E-state index contributed by atoms with van der Waals surface area (Å²) in [7, 11) is 0. The summed E-state index contributed by atoms with van der Waals surface area (Å²) in [4.78, 5) is 1.37. The van der Waals surface area contributed by atoms with Crippen molar-refractivity contribution in [1.29, 1.82) is 0 Å². The highest BCUT2D eigenvalue weighted by Gasteiger charge is 2.23. The fourth-order valence-electron chi connectivity index (χ4n) is 2.16. The van der Waals surface area contributed by atoms with E-state index in [0.29, 0.717) is 23.2 Å². The quantitative estimate of drug-likeness (QED) is 0.861. The Balaban J connectivity index is 1.69. The van der Waals surface area contributed by atoms with Crippen LogP contribution in [0.1, 0.15) is 11.5 Å². The minimum absolute atomic E-state index is 0.442. The third-order valence-corrected chi connectivity index (χ3v) is 4.80.